The summed E-state index contributed by atoms with van der Waals surface area (Å²) in [7, 11) is 2.86. The molecule has 1 aliphatic rings. The maximum Gasteiger partial charge on any atom is 0.410 e. The van der Waals surface area contributed by atoms with Crippen molar-refractivity contribution in [2.75, 3.05) is 20.7 Å². The SMILES string of the molecule is CNC(=O)C(OC)[C@@H]1C[C@H](SC(C)=O)CN1C(=O)OCc1ccc([N+](=O)[O-])cc1. The maximum atomic E-state index is 12.7. The minimum absolute atomic E-state index is 0.0581. The Morgan fingerprint density at radius 3 is 2.52 bits per heavy atom. The topological polar surface area (TPSA) is 128 Å². The third-order valence-corrected chi connectivity index (χ3v) is 5.50. The van der Waals surface area contributed by atoms with Crippen LogP contribution >= 0.6 is 11.8 Å². The molecular formula is C18H23N3O7S. The van der Waals surface area contributed by atoms with E-state index < -0.39 is 23.2 Å². The molecule has 11 heteroatoms. The maximum absolute atomic E-state index is 12.7. The van der Waals surface area contributed by atoms with Crippen molar-refractivity contribution in [2.45, 2.75) is 37.3 Å². The molecule has 0 spiro atoms. The van der Waals surface area contributed by atoms with Crippen molar-refractivity contribution in [3.8, 4) is 0 Å². The number of amides is 2. The average molecular weight is 425 g/mol. The molecule has 2 amide bonds. The molecule has 1 fully saturated rings. The Hall–Kier alpha value is -2.66. The summed E-state index contributed by atoms with van der Waals surface area (Å²) in [6.07, 6.45) is -1.14. The molecule has 1 heterocycles. The van der Waals surface area contributed by atoms with Gasteiger partial charge in [0.15, 0.2) is 11.2 Å². The number of nitrogens with zero attached hydrogens (tertiary/aromatic N) is 2. The Morgan fingerprint density at radius 2 is 2.00 bits per heavy atom. The monoisotopic (exact) mass is 425 g/mol. The highest BCUT2D eigenvalue weighted by molar-refractivity contribution is 8.14. The van der Waals surface area contributed by atoms with Crippen LogP contribution in [-0.4, -0.2) is 65.0 Å². The van der Waals surface area contributed by atoms with E-state index in [2.05, 4.69) is 5.32 Å². The fraction of sp³-hybridized carbons (Fsp3) is 0.500. The van der Waals surface area contributed by atoms with Crippen LogP contribution in [0.25, 0.3) is 0 Å². The zero-order chi connectivity index (χ0) is 21.6. The largest absolute Gasteiger partial charge is 0.445 e. The molecule has 1 N–H and O–H groups in total. The summed E-state index contributed by atoms with van der Waals surface area (Å²) in [6, 6.07) is 5.08. The van der Waals surface area contributed by atoms with Crippen LogP contribution in [0.3, 0.4) is 0 Å². The zero-order valence-corrected chi connectivity index (χ0v) is 17.1. The van der Waals surface area contributed by atoms with Gasteiger partial charge in [0, 0.05) is 45.0 Å². The van der Waals surface area contributed by atoms with Gasteiger partial charge >= 0.3 is 6.09 Å². The molecule has 1 aromatic carbocycles. The number of methoxy groups -OCH3 is 1. The van der Waals surface area contributed by atoms with Crippen LogP contribution in [0.5, 0.6) is 0 Å². The Morgan fingerprint density at radius 1 is 1.34 bits per heavy atom. The standard InChI is InChI=1S/C18H23N3O7S/c1-11(22)29-14-8-15(16(27-3)17(23)19-2)20(9-14)18(24)28-10-12-4-6-13(7-5-12)21(25)26/h4-7,14-16H,8-10H2,1-3H3,(H,19,23)/t14-,15-,16?/m0/s1. The molecule has 2 rings (SSSR count). The number of rotatable bonds is 7. The lowest BCUT2D eigenvalue weighted by molar-refractivity contribution is -0.384. The lowest BCUT2D eigenvalue weighted by Crippen LogP contribution is -2.50. The van der Waals surface area contributed by atoms with Gasteiger partial charge in [-0.15, -0.1) is 0 Å². The number of hydrogen-bond acceptors (Lipinski definition) is 8. The van der Waals surface area contributed by atoms with E-state index in [1.165, 1.54) is 50.2 Å². The molecular weight excluding hydrogens is 402 g/mol. The molecule has 1 unspecified atom stereocenters. The van der Waals surface area contributed by atoms with Gasteiger partial charge in [-0.2, -0.15) is 0 Å². The summed E-state index contributed by atoms with van der Waals surface area (Å²) in [6.45, 7) is 1.61. The van der Waals surface area contributed by atoms with Crippen LogP contribution in [0.15, 0.2) is 24.3 Å². The number of non-ortho nitro benzene ring substituents is 1. The first kappa shape index (κ1) is 22.6. The summed E-state index contributed by atoms with van der Waals surface area (Å²) in [5.41, 5.74) is 0.529. The molecule has 0 radical (unpaired) electrons. The van der Waals surface area contributed by atoms with Gasteiger partial charge in [0.05, 0.1) is 11.0 Å². The van der Waals surface area contributed by atoms with Crippen LogP contribution in [0, 0.1) is 10.1 Å². The number of nitro groups is 1. The third kappa shape index (κ3) is 5.91. The van der Waals surface area contributed by atoms with E-state index in [4.69, 9.17) is 9.47 Å². The highest BCUT2D eigenvalue weighted by Crippen LogP contribution is 2.31. The number of hydrogen-bond donors (Lipinski definition) is 1. The quantitative estimate of drug-likeness (QED) is 0.516. The van der Waals surface area contributed by atoms with Crippen molar-refractivity contribution in [3.63, 3.8) is 0 Å². The van der Waals surface area contributed by atoms with Crippen LogP contribution in [0.2, 0.25) is 0 Å². The van der Waals surface area contributed by atoms with Gasteiger partial charge in [0.1, 0.15) is 6.61 Å². The van der Waals surface area contributed by atoms with E-state index >= 15 is 0 Å². The van der Waals surface area contributed by atoms with Gasteiger partial charge in [0.2, 0.25) is 0 Å². The second-order valence-corrected chi connectivity index (χ2v) is 7.91. The highest BCUT2D eigenvalue weighted by atomic mass is 32.2. The predicted molar refractivity (Wildman–Crippen MR) is 105 cm³/mol. The van der Waals surface area contributed by atoms with Crippen molar-refractivity contribution in [1.82, 2.24) is 10.2 Å². The number of thioether (sulfide) groups is 1. The number of nitro benzene ring substituents is 1. The number of carbonyl (C=O) groups is 3. The predicted octanol–water partition coefficient (Wildman–Crippen LogP) is 1.72. The van der Waals surface area contributed by atoms with E-state index in [1.54, 1.807) is 0 Å². The second kappa shape index (κ2) is 10.2. The van der Waals surface area contributed by atoms with Gasteiger partial charge in [-0.25, -0.2) is 4.79 Å². The fourth-order valence-corrected chi connectivity index (χ4v) is 4.16. The first-order valence-electron chi connectivity index (χ1n) is 8.85. The van der Waals surface area contributed by atoms with E-state index in [0.29, 0.717) is 12.0 Å². The van der Waals surface area contributed by atoms with Gasteiger partial charge in [-0.3, -0.25) is 19.7 Å². The van der Waals surface area contributed by atoms with Gasteiger partial charge in [-0.05, 0) is 24.1 Å². The molecule has 0 aliphatic carbocycles. The minimum atomic E-state index is -0.899. The average Bonchev–Trinajstić information content (AvgIpc) is 3.09. The Kier molecular flexibility index (Phi) is 7.97. The highest BCUT2D eigenvalue weighted by Gasteiger charge is 2.44. The van der Waals surface area contributed by atoms with E-state index in [1.807, 2.05) is 0 Å². The molecule has 0 aromatic heterocycles. The summed E-state index contributed by atoms with van der Waals surface area (Å²) in [5.74, 6) is -0.376. The number of likely N-dealkylation sites (N-methyl/N-ethyl adjacent to an activating group) is 1. The summed E-state index contributed by atoms with van der Waals surface area (Å²) in [4.78, 5) is 47.9. The Balaban J connectivity index is 2.09. The molecule has 3 atom stereocenters. The first-order chi connectivity index (χ1) is 13.8. The summed E-state index contributed by atoms with van der Waals surface area (Å²) >= 11 is 1.11. The van der Waals surface area contributed by atoms with Crippen molar-refractivity contribution < 1.29 is 28.8 Å². The fourth-order valence-electron chi connectivity index (χ4n) is 3.17. The molecule has 158 valence electrons. The minimum Gasteiger partial charge on any atom is -0.445 e. The number of benzene rings is 1. The number of ether oxygens (including phenoxy) is 2. The molecule has 29 heavy (non-hydrogen) atoms. The van der Waals surface area contributed by atoms with E-state index in [0.717, 1.165) is 11.8 Å². The first-order valence-corrected chi connectivity index (χ1v) is 9.73. The van der Waals surface area contributed by atoms with Crippen LogP contribution in [-0.2, 0) is 25.7 Å². The molecule has 1 saturated heterocycles. The zero-order valence-electron chi connectivity index (χ0n) is 16.3. The van der Waals surface area contributed by atoms with Crippen LogP contribution < -0.4 is 5.32 Å². The van der Waals surface area contributed by atoms with E-state index in [-0.39, 0.29) is 35.1 Å². The number of carbonyl (C=O) groups excluding carboxylic acids is 3. The van der Waals surface area contributed by atoms with Crippen molar-refractivity contribution in [3.05, 3.63) is 39.9 Å². The Bertz CT molecular complexity index is 771. The van der Waals surface area contributed by atoms with Crippen molar-refractivity contribution >= 4 is 34.6 Å². The lowest BCUT2D eigenvalue weighted by atomic mass is 10.1. The van der Waals surface area contributed by atoms with E-state index in [9.17, 15) is 24.5 Å². The van der Waals surface area contributed by atoms with Crippen LogP contribution in [0.1, 0.15) is 18.9 Å². The summed E-state index contributed by atoms with van der Waals surface area (Å²) < 4.78 is 10.6. The second-order valence-electron chi connectivity index (χ2n) is 6.44. The molecule has 1 aromatic rings. The number of nitrogens with one attached hydrogen (secondary N) is 1. The van der Waals surface area contributed by atoms with Gasteiger partial charge in [-0.1, -0.05) is 11.8 Å². The van der Waals surface area contributed by atoms with Crippen LogP contribution in [0.4, 0.5) is 10.5 Å². The van der Waals surface area contributed by atoms with Crippen molar-refractivity contribution in [1.29, 1.82) is 0 Å². The smallest absolute Gasteiger partial charge is 0.410 e. The Labute approximate surface area is 172 Å². The molecule has 10 nitrogen and oxygen atoms in total. The molecule has 0 saturated carbocycles. The lowest BCUT2D eigenvalue weighted by Gasteiger charge is -2.28. The van der Waals surface area contributed by atoms with Crippen molar-refractivity contribution in [2.24, 2.45) is 0 Å². The van der Waals surface area contributed by atoms with Gasteiger partial charge in [0.25, 0.3) is 11.6 Å². The summed E-state index contributed by atoms with van der Waals surface area (Å²) in [5, 5.41) is 13.0. The molecule has 0 bridgehead atoms. The normalized spacial score (nSPS) is 19.5. The third-order valence-electron chi connectivity index (χ3n) is 4.49. The molecule has 1 aliphatic heterocycles. The van der Waals surface area contributed by atoms with Gasteiger partial charge < -0.3 is 19.7 Å². The number of likely N-dealkylation sites (tertiary alicyclic amines) is 1.